The lowest BCUT2D eigenvalue weighted by Crippen LogP contribution is -2.28. The molecule has 1 amide bonds. The second-order valence-corrected chi connectivity index (χ2v) is 5.91. The number of benzene rings is 1. The Morgan fingerprint density at radius 2 is 2.25 bits per heavy atom. The number of phenolic OH excluding ortho intramolecular Hbond substituents is 1. The van der Waals surface area contributed by atoms with Gasteiger partial charge in [0.2, 0.25) is 0 Å². The van der Waals surface area contributed by atoms with Crippen molar-refractivity contribution in [3.8, 4) is 5.75 Å². The monoisotopic (exact) mass is 309 g/mol. The van der Waals surface area contributed by atoms with E-state index >= 15 is 0 Å². The van der Waals surface area contributed by atoms with Crippen LogP contribution in [-0.2, 0) is 0 Å². The molecule has 0 aliphatic rings. The minimum atomic E-state index is -0.308. The molecule has 2 N–H and O–H groups in total. The van der Waals surface area contributed by atoms with Crippen molar-refractivity contribution in [2.24, 2.45) is 0 Å². The highest BCUT2D eigenvalue weighted by Gasteiger charge is 2.18. The first-order valence-corrected chi connectivity index (χ1v) is 7.70. The van der Waals surface area contributed by atoms with E-state index in [9.17, 15) is 9.90 Å². The summed E-state index contributed by atoms with van der Waals surface area (Å²) >= 11 is 7.48. The molecule has 1 heterocycles. The summed E-state index contributed by atoms with van der Waals surface area (Å²) < 4.78 is 0. The zero-order valence-corrected chi connectivity index (χ0v) is 12.7. The first-order chi connectivity index (χ1) is 9.61. The van der Waals surface area contributed by atoms with E-state index < -0.39 is 0 Å². The fraction of sp³-hybridized carbons (Fsp3) is 0.267. The Morgan fingerprint density at radius 1 is 1.45 bits per heavy atom. The zero-order valence-electron chi connectivity index (χ0n) is 11.1. The fourth-order valence-corrected chi connectivity index (χ4v) is 2.97. The Morgan fingerprint density at radius 3 is 2.90 bits per heavy atom. The summed E-state index contributed by atoms with van der Waals surface area (Å²) in [6, 6.07) is 8.39. The number of halogens is 1. The minimum absolute atomic E-state index is 0.0362. The van der Waals surface area contributed by atoms with E-state index in [1.54, 1.807) is 17.4 Å². The van der Waals surface area contributed by atoms with Crippen molar-refractivity contribution in [3.63, 3.8) is 0 Å². The smallest absolute Gasteiger partial charge is 0.255 e. The van der Waals surface area contributed by atoms with Gasteiger partial charge in [0.1, 0.15) is 5.75 Å². The molecule has 0 aliphatic heterocycles. The molecule has 0 saturated carbocycles. The van der Waals surface area contributed by atoms with Crippen LogP contribution in [0.2, 0.25) is 5.02 Å². The highest BCUT2D eigenvalue weighted by Crippen LogP contribution is 2.26. The number of phenols is 1. The van der Waals surface area contributed by atoms with Crippen LogP contribution < -0.4 is 5.32 Å². The second kappa shape index (κ2) is 6.77. The number of thiophene rings is 1. The van der Waals surface area contributed by atoms with Gasteiger partial charge >= 0.3 is 0 Å². The van der Waals surface area contributed by atoms with E-state index in [1.165, 1.54) is 12.1 Å². The molecule has 106 valence electrons. The molecule has 20 heavy (non-hydrogen) atoms. The molecular weight excluding hydrogens is 294 g/mol. The van der Waals surface area contributed by atoms with Crippen molar-refractivity contribution in [1.82, 2.24) is 5.32 Å². The predicted molar refractivity (Wildman–Crippen MR) is 82.6 cm³/mol. The standard InChI is InChI=1S/C15H16ClNO2S/c1-2-4-12(14-5-3-8-20-14)17-15(19)11-9-10(16)6-7-13(11)18/h3,5-9,12,18H,2,4H2,1H3,(H,17,19). The topological polar surface area (TPSA) is 49.3 Å². The van der Waals surface area contributed by atoms with Gasteiger partial charge in [-0.3, -0.25) is 4.79 Å². The van der Waals surface area contributed by atoms with Crippen LogP contribution in [0.4, 0.5) is 0 Å². The van der Waals surface area contributed by atoms with Crippen LogP contribution in [0.1, 0.15) is 41.0 Å². The highest BCUT2D eigenvalue weighted by molar-refractivity contribution is 7.10. The maximum Gasteiger partial charge on any atom is 0.255 e. The average Bonchev–Trinajstić information content (AvgIpc) is 2.95. The van der Waals surface area contributed by atoms with E-state index in [2.05, 4.69) is 12.2 Å². The van der Waals surface area contributed by atoms with Crippen LogP contribution in [0.5, 0.6) is 5.75 Å². The normalized spacial score (nSPS) is 12.1. The largest absolute Gasteiger partial charge is 0.507 e. The number of carbonyl (C=O) groups excluding carboxylic acids is 1. The molecule has 5 heteroatoms. The number of hydrogen-bond donors (Lipinski definition) is 2. The minimum Gasteiger partial charge on any atom is -0.507 e. The van der Waals surface area contributed by atoms with Gasteiger partial charge in [0, 0.05) is 9.90 Å². The number of carbonyl (C=O) groups is 1. The Hall–Kier alpha value is -1.52. The molecule has 1 unspecified atom stereocenters. The average molecular weight is 310 g/mol. The summed E-state index contributed by atoms with van der Waals surface area (Å²) in [6.07, 6.45) is 1.82. The lowest BCUT2D eigenvalue weighted by molar-refractivity contribution is 0.0932. The summed E-state index contributed by atoms with van der Waals surface area (Å²) in [5.74, 6) is -0.370. The third-order valence-electron chi connectivity index (χ3n) is 2.97. The Kier molecular flexibility index (Phi) is 5.04. The van der Waals surface area contributed by atoms with Crippen LogP contribution in [0, 0.1) is 0 Å². The van der Waals surface area contributed by atoms with Crippen molar-refractivity contribution in [2.75, 3.05) is 0 Å². The zero-order chi connectivity index (χ0) is 14.5. The number of nitrogens with one attached hydrogen (secondary N) is 1. The van der Waals surface area contributed by atoms with Gasteiger partial charge in [-0.2, -0.15) is 0 Å². The first-order valence-electron chi connectivity index (χ1n) is 6.44. The van der Waals surface area contributed by atoms with E-state index in [0.29, 0.717) is 5.02 Å². The Bertz CT molecular complexity index is 584. The van der Waals surface area contributed by atoms with Crippen molar-refractivity contribution in [3.05, 3.63) is 51.2 Å². The summed E-state index contributed by atoms with van der Waals surface area (Å²) in [4.78, 5) is 13.4. The molecule has 3 nitrogen and oxygen atoms in total. The third-order valence-corrected chi connectivity index (χ3v) is 4.19. The Balaban J connectivity index is 2.18. The predicted octanol–water partition coefficient (Wildman–Crippen LogP) is 4.38. The molecule has 0 aliphatic carbocycles. The molecule has 0 fully saturated rings. The first kappa shape index (κ1) is 14.9. The molecule has 1 aromatic carbocycles. The van der Waals surface area contributed by atoms with Crippen molar-refractivity contribution in [1.29, 1.82) is 0 Å². The molecule has 0 radical (unpaired) electrons. The number of rotatable bonds is 5. The quantitative estimate of drug-likeness (QED) is 0.861. The summed E-state index contributed by atoms with van der Waals surface area (Å²) in [7, 11) is 0. The lowest BCUT2D eigenvalue weighted by atomic mass is 10.1. The molecule has 0 spiro atoms. The van der Waals surface area contributed by atoms with Crippen molar-refractivity contribution in [2.45, 2.75) is 25.8 Å². The molecule has 0 saturated heterocycles. The molecular formula is C15H16ClNO2S. The Labute approximate surface area is 127 Å². The van der Waals surface area contributed by atoms with Gasteiger partial charge in [0.05, 0.1) is 11.6 Å². The van der Waals surface area contributed by atoms with E-state index in [-0.39, 0.29) is 23.3 Å². The van der Waals surface area contributed by atoms with Crippen LogP contribution >= 0.6 is 22.9 Å². The van der Waals surface area contributed by atoms with Crippen molar-refractivity contribution >= 4 is 28.8 Å². The van der Waals surface area contributed by atoms with Crippen LogP contribution in [0.25, 0.3) is 0 Å². The lowest BCUT2D eigenvalue weighted by Gasteiger charge is -2.17. The maximum atomic E-state index is 12.3. The van der Waals surface area contributed by atoms with Crippen LogP contribution in [0.3, 0.4) is 0 Å². The molecule has 0 bridgehead atoms. The fourth-order valence-electron chi connectivity index (χ4n) is 1.99. The van der Waals surface area contributed by atoms with Gasteiger partial charge in [-0.1, -0.05) is 31.0 Å². The number of aromatic hydroxyl groups is 1. The van der Waals surface area contributed by atoms with Crippen LogP contribution in [-0.4, -0.2) is 11.0 Å². The summed E-state index contributed by atoms with van der Waals surface area (Å²) in [5, 5.41) is 15.1. The number of hydrogen-bond acceptors (Lipinski definition) is 3. The van der Waals surface area contributed by atoms with Gasteiger partial charge in [0.25, 0.3) is 5.91 Å². The molecule has 1 aromatic heterocycles. The van der Waals surface area contributed by atoms with Gasteiger partial charge in [-0.05, 0) is 36.1 Å². The highest BCUT2D eigenvalue weighted by atomic mass is 35.5. The van der Waals surface area contributed by atoms with E-state index in [4.69, 9.17) is 11.6 Å². The molecule has 2 rings (SSSR count). The van der Waals surface area contributed by atoms with Gasteiger partial charge < -0.3 is 10.4 Å². The maximum absolute atomic E-state index is 12.3. The summed E-state index contributed by atoms with van der Waals surface area (Å²) in [6.45, 7) is 2.07. The van der Waals surface area contributed by atoms with E-state index in [1.807, 2.05) is 17.5 Å². The van der Waals surface area contributed by atoms with Gasteiger partial charge in [-0.15, -0.1) is 11.3 Å². The van der Waals surface area contributed by atoms with Gasteiger partial charge in [0.15, 0.2) is 0 Å². The number of amides is 1. The second-order valence-electron chi connectivity index (χ2n) is 4.49. The van der Waals surface area contributed by atoms with Crippen molar-refractivity contribution < 1.29 is 9.90 Å². The molecule has 2 aromatic rings. The van der Waals surface area contributed by atoms with E-state index in [0.717, 1.165) is 17.7 Å². The third kappa shape index (κ3) is 3.52. The van der Waals surface area contributed by atoms with Gasteiger partial charge in [-0.25, -0.2) is 0 Å². The summed E-state index contributed by atoms with van der Waals surface area (Å²) in [5.41, 5.74) is 0.204. The van der Waals surface area contributed by atoms with Crippen LogP contribution in [0.15, 0.2) is 35.7 Å². The molecule has 1 atom stereocenters. The SMILES string of the molecule is CCCC(NC(=O)c1cc(Cl)ccc1O)c1cccs1.